The minimum atomic E-state index is 0.154. The number of benzene rings is 1. The fourth-order valence-electron chi connectivity index (χ4n) is 2.28. The molecule has 0 spiro atoms. The summed E-state index contributed by atoms with van der Waals surface area (Å²) in [6.45, 7) is 0. The molecule has 0 saturated carbocycles. The van der Waals surface area contributed by atoms with Crippen LogP contribution in [0.2, 0.25) is 0 Å². The van der Waals surface area contributed by atoms with Gasteiger partial charge in [-0.15, -0.1) is 5.10 Å². The predicted molar refractivity (Wildman–Crippen MR) is 76.2 cm³/mol. The Balaban J connectivity index is 2.04. The highest BCUT2D eigenvalue weighted by atomic mass is 15.2. The van der Waals surface area contributed by atoms with Gasteiger partial charge in [0.05, 0.1) is 5.71 Å². The van der Waals surface area contributed by atoms with Crippen LogP contribution in [0.1, 0.15) is 23.5 Å². The SMILES string of the molecule is NC1=NN=C(c2ccncc2)C(c2ccccc2)C1. The molecule has 19 heavy (non-hydrogen) atoms. The first-order valence-electron chi connectivity index (χ1n) is 6.20. The van der Waals surface area contributed by atoms with Gasteiger partial charge in [-0.3, -0.25) is 4.98 Å². The van der Waals surface area contributed by atoms with Crippen molar-refractivity contribution >= 4 is 11.5 Å². The molecule has 4 nitrogen and oxygen atoms in total. The van der Waals surface area contributed by atoms with E-state index in [1.165, 1.54) is 5.56 Å². The summed E-state index contributed by atoms with van der Waals surface area (Å²) in [6, 6.07) is 14.2. The average Bonchev–Trinajstić information content (AvgIpc) is 2.49. The molecular weight excluding hydrogens is 236 g/mol. The summed E-state index contributed by atoms with van der Waals surface area (Å²) >= 11 is 0. The van der Waals surface area contributed by atoms with E-state index in [0.29, 0.717) is 12.3 Å². The molecule has 0 aliphatic carbocycles. The highest BCUT2D eigenvalue weighted by molar-refractivity contribution is 6.08. The summed E-state index contributed by atoms with van der Waals surface area (Å²) in [6.07, 6.45) is 4.23. The molecule has 1 unspecified atom stereocenters. The molecule has 1 aromatic heterocycles. The second-order valence-corrected chi connectivity index (χ2v) is 4.48. The highest BCUT2D eigenvalue weighted by Gasteiger charge is 2.24. The van der Waals surface area contributed by atoms with Gasteiger partial charge >= 0.3 is 0 Å². The molecule has 0 bridgehead atoms. The van der Waals surface area contributed by atoms with E-state index in [2.05, 4.69) is 27.3 Å². The Bertz CT molecular complexity index is 617. The van der Waals surface area contributed by atoms with Crippen LogP contribution in [-0.2, 0) is 0 Å². The second kappa shape index (κ2) is 5.02. The van der Waals surface area contributed by atoms with Crippen molar-refractivity contribution in [3.05, 3.63) is 66.0 Å². The van der Waals surface area contributed by atoms with E-state index in [-0.39, 0.29) is 5.92 Å². The first-order chi connectivity index (χ1) is 9.34. The number of hydrogen-bond acceptors (Lipinski definition) is 4. The molecule has 2 heterocycles. The Morgan fingerprint density at radius 3 is 2.42 bits per heavy atom. The largest absolute Gasteiger partial charge is 0.386 e. The van der Waals surface area contributed by atoms with Crippen LogP contribution >= 0.6 is 0 Å². The molecule has 1 aliphatic rings. The fraction of sp³-hybridized carbons (Fsp3) is 0.133. The van der Waals surface area contributed by atoms with Crippen LogP contribution in [0.4, 0.5) is 0 Å². The van der Waals surface area contributed by atoms with Crippen LogP contribution in [-0.4, -0.2) is 16.5 Å². The van der Waals surface area contributed by atoms with E-state index in [9.17, 15) is 0 Å². The smallest absolute Gasteiger partial charge is 0.123 e. The second-order valence-electron chi connectivity index (χ2n) is 4.48. The number of pyridine rings is 1. The number of aromatic nitrogens is 1. The average molecular weight is 250 g/mol. The monoisotopic (exact) mass is 250 g/mol. The molecule has 1 aliphatic heterocycles. The third-order valence-electron chi connectivity index (χ3n) is 3.21. The van der Waals surface area contributed by atoms with Gasteiger partial charge in [0.25, 0.3) is 0 Å². The van der Waals surface area contributed by atoms with Gasteiger partial charge in [0.1, 0.15) is 5.84 Å². The number of amidine groups is 1. The molecule has 0 fully saturated rings. The van der Waals surface area contributed by atoms with E-state index in [0.717, 1.165) is 11.3 Å². The molecule has 3 rings (SSSR count). The Morgan fingerprint density at radius 2 is 1.68 bits per heavy atom. The van der Waals surface area contributed by atoms with E-state index < -0.39 is 0 Å². The van der Waals surface area contributed by atoms with Gasteiger partial charge < -0.3 is 5.73 Å². The van der Waals surface area contributed by atoms with Crippen LogP contribution in [0, 0.1) is 0 Å². The van der Waals surface area contributed by atoms with Crippen molar-refractivity contribution in [2.45, 2.75) is 12.3 Å². The Morgan fingerprint density at radius 1 is 0.947 bits per heavy atom. The lowest BCUT2D eigenvalue weighted by Crippen LogP contribution is -2.25. The van der Waals surface area contributed by atoms with Crippen LogP contribution in [0.25, 0.3) is 0 Å². The van der Waals surface area contributed by atoms with Gasteiger partial charge in [-0.1, -0.05) is 30.3 Å². The van der Waals surface area contributed by atoms with Crippen molar-refractivity contribution in [1.29, 1.82) is 0 Å². The molecule has 0 radical (unpaired) electrons. The molecule has 2 N–H and O–H groups in total. The highest BCUT2D eigenvalue weighted by Crippen LogP contribution is 2.27. The summed E-state index contributed by atoms with van der Waals surface area (Å²) < 4.78 is 0. The minimum Gasteiger partial charge on any atom is -0.386 e. The fourth-order valence-corrected chi connectivity index (χ4v) is 2.28. The summed E-state index contributed by atoms with van der Waals surface area (Å²) in [7, 11) is 0. The number of hydrogen-bond donors (Lipinski definition) is 1. The Hall–Kier alpha value is -2.49. The maximum Gasteiger partial charge on any atom is 0.123 e. The molecule has 2 aromatic rings. The zero-order valence-electron chi connectivity index (χ0n) is 10.4. The summed E-state index contributed by atoms with van der Waals surface area (Å²) in [5.74, 6) is 0.729. The topological polar surface area (TPSA) is 63.6 Å². The predicted octanol–water partition coefficient (Wildman–Crippen LogP) is 2.33. The van der Waals surface area contributed by atoms with Gasteiger partial charge in [0, 0.05) is 30.3 Å². The lowest BCUT2D eigenvalue weighted by molar-refractivity contribution is 0.886. The standard InChI is InChI=1S/C15H14N4/c16-14-10-13(11-4-2-1-3-5-11)15(19-18-14)12-6-8-17-9-7-12/h1-9,13H,10H2,(H2,16,18). The third-order valence-corrected chi connectivity index (χ3v) is 3.21. The Labute approximate surface area is 111 Å². The maximum atomic E-state index is 5.83. The van der Waals surface area contributed by atoms with Crippen molar-refractivity contribution in [2.24, 2.45) is 15.9 Å². The van der Waals surface area contributed by atoms with Crippen LogP contribution in [0.5, 0.6) is 0 Å². The van der Waals surface area contributed by atoms with Crippen molar-refractivity contribution in [3.8, 4) is 0 Å². The molecule has 1 aromatic carbocycles. The molecule has 0 amide bonds. The maximum absolute atomic E-state index is 5.83. The zero-order valence-corrected chi connectivity index (χ0v) is 10.4. The van der Waals surface area contributed by atoms with Crippen LogP contribution in [0.15, 0.2) is 65.1 Å². The summed E-state index contributed by atoms with van der Waals surface area (Å²) in [5, 5.41) is 8.32. The number of nitrogens with zero attached hydrogens (tertiary/aromatic N) is 3. The minimum absolute atomic E-state index is 0.154. The molecule has 1 atom stereocenters. The van der Waals surface area contributed by atoms with Gasteiger partial charge in [-0.2, -0.15) is 5.10 Å². The van der Waals surface area contributed by atoms with Crippen LogP contribution in [0.3, 0.4) is 0 Å². The lowest BCUT2D eigenvalue weighted by atomic mass is 9.87. The van der Waals surface area contributed by atoms with E-state index >= 15 is 0 Å². The number of rotatable bonds is 2. The quantitative estimate of drug-likeness (QED) is 0.889. The van der Waals surface area contributed by atoms with Crippen LogP contribution < -0.4 is 5.73 Å². The van der Waals surface area contributed by atoms with Crippen molar-refractivity contribution < 1.29 is 0 Å². The van der Waals surface area contributed by atoms with Gasteiger partial charge in [0.2, 0.25) is 0 Å². The first-order valence-corrected chi connectivity index (χ1v) is 6.20. The summed E-state index contributed by atoms with van der Waals surface area (Å²) in [4.78, 5) is 4.04. The van der Waals surface area contributed by atoms with Gasteiger partial charge in [0.15, 0.2) is 0 Å². The Kier molecular flexibility index (Phi) is 3.06. The number of nitrogens with two attached hydrogens (primary N) is 1. The normalized spacial score (nSPS) is 18.6. The molecule has 94 valence electrons. The zero-order chi connectivity index (χ0) is 13.1. The van der Waals surface area contributed by atoms with Gasteiger partial charge in [-0.25, -0.2) is 0 Å². The third kappa shape index (κ3) is 2.38. The van der Waals surface area contributed by atoms with E-state index in [4.69, 9.17) is 5.73 Å². The van der Waals surface area contributed by atoms with Crippen molar-refractivity contribution in [2.75, 3.05) is 0 Å². The van der Waals surface area contributed by atoms with Gasteiger partial charge in [-0.05, 0) is 17.7 Å². The first kappa shape index (κ1) is 11.6. The molecular formula is C15H14N4. The van der Waals surface area contributed by atoms with E-state index in [1.807, 2.05) is 30.3 Å². The van der Waals surface area contributed by atoms with Crippen molar-refractivity contribution in [1.82, 2.24) is 4.98 Å². The molecule has 4 heteroatoms. The van der Waals surface area contributed by atoms with E-state index in [1.54, 1.807) is 12.4 Å². The van der Waals surface area contributed by atoms with Crippen molar-refractivity contribution in [3.63, 3.8) is 0 Å². The molecule has 0 saturated heterocycles. The lowest BCUT2D eigenvalue weighted by Gasteiger charge is -2.21. The summed E-state index contributed by atoms with van der Waals surface area (Å²) in [5.41, 5.74) is 9.03.